The topological polar surface area (TPSA) is 23.5 Å². The molecule has 2 unspecified atom stereocenters. The predicted octanol–water partition coefficient (Wildman–Crippen LogP) is 8.46. The van der Waals surface area contributed by atoms with Crippen molar-refractivity contribution in [3.05, 3.63) is 11.6 Å². The van der Waals surface area contributed by atoms with Gasteiger partial charge in [-0.1, -0.05) is 127 Å². The molecule has 2 atom stereocenters. The molecule has 0 fully saturated rings. The van der Waals surface area contributed by atoms with Crippen LogP contribution in [-0.2, 0) is 0 Å². The second-order valence-electron chi connectivity index (χ2n) is 9.40. The molecule has 0 aromatic carbocycles. The van der Waals surface area contributed by atoms with Crippen LogP contribution < -0.4 is 0 Å². The molecule has 0 heterocycles. The van der Waals surface area contributed by atoms with Crippen LogP contribution >= 0.6 is 11.6 Å². The van der Waals surface area contributed by atoms with Crippen LogP contribution in [0.25, 0.3) is 0 Å². The minimum atomic E-state index is -0.314. The Hall–Kier alpha value is -0.0500. The van der Waals surface area contributed by atoms with Gasteiger partial charge in [0, 0.05) is 11.1 Å². The third-order valence-electron chi connectivity index (χ3n) is 6.38. The first-order valence-electron chi connectivity index (χ1n) is 12.6. The van der Waals surface area contributed by atoms with E-state index in [1.54, 1.807) is 5.54 Å². The van der Waals surface area contributed by atoms with Crippen molar-refractivity contribution in [2.24, 2.45) is 0 Å². The van der Waals surface area contributed by atoms with E-state index in [-0.39, 0.29) is 11.6 Å². The SMILES string of the molecule is CCCCCCCCCCCCCCCCCCC(C=CCl)(CC(C)O)N(C)C. The highest BCUT2D eigenvalue weighted by molar-refractivity contribution is 6.25. The van der Waals surface area contributed by atoms with Crippen LogP contribution in [0.15, 0.2) is 11.6 Å². The van der Waals surface area contributed by atoms with Crippen LogP contribution in [0.5, 0.6) is 0 Å². The maximum Gasteiger partial charge on any atom is 0.0532 e. The monoisotopic (exact) mass is 429 g/mol. The van der Waals surface area contributed by atoms with E-state index < -0.39 is 0 Å². The summed E-state index contributed by atoms with van der Waals surface area (Å²) in [6.45, 7) is 4.16. The van der Waals surface area contributed by atoms with Crippen molar-refractivity contribution in [1.29, 1.82) is 0 Å². The van der Waals surface area contributed by atoms with Crippen LogP contribution in [-0.4, -0.2) is 35.7 Å². The fourth-order valence-electron chi connectivity index (χ4n) is 4.42. The zero-order valence-corrected chi connectivity index (χ0v) is 21.0. The average Bonchev–Trinajstić information content (AvgIpc) is 2.67. The number of aliphatic hydroxyl groups excluding tert-OH is 1. The number of unbranched alkanes of at least 4 members (excludes halogenated alkanes) is 15. The number of aliphatic hydroxyl groups is 1. The summed E-state index contributed by atoms with van der Waals surface area (Å²) in [4.78, 5) is 2.21. The van der Waals surface area contributed by atoms with Crippen molar-refractivity contribution >= 4 is 11.6 Å². The van der Waals surface area contributed by atoms with Crippen molar-refractivity contribution in [3.63, 3.8) is 0 Å². The van der Waals surface area contributed by atoms with Gasteiger partial charge in [-0.3, -0.25) is 0 Å². The lowest BCUT2D eigenvalue weighted by atomic mass is 9.85. The molecule has 0 aliphatic carbocycles. The normalized spacial score (nSPS) is 15.3. The molecule has 0 aliphatic rings. The first-order chi connectivity index (χ1) is 14.0. The van der Waals surface area contributed by atoms with E-state index in [2.05, 4.69) is 32.0 Å². The van der Waals surface area contributed by atoms with Gasteiger partial charge in [-0.25, -0.2) is 0 Å². The van der Waals surface area contributed by atoms with Crippen LogP contribution in [0.4, 0.5) is 0 Å². The molecule has 0 saturated carbocycles. The highest BCUT2D eigenvalue weighted by Crippen LogP contribution is 2.29. The van der Waals surface area contributed by atoms with Crippen LogP contribution in [0.1, 0.15) is 129 Å². The molecule has 0 saturated heterocycles. The standard InChI is InChI=1S/C26H52ClNO/c1-5-6-7-8-9-10-11-12-13-14-15-16-17-18-19-20-21-26(22-23-27,28(3)4)24-25(2)29/h22-23,25,29H,5-21,24H2,1-4H3. The smallest absolute Gasteiger partial charge is 0.0532 e. The molecule has 29 heavy (non-hydrogen) atoms. The molecule has 0 spiro atoms. The van der Waals surface area contributed by atoms with E-state index in [4.69, 9.17) is 11.6 Å². The molecule has 174 valence electrons. The lowest BCUT2D eigenvalue weighted by molar-refractivity contribution is 0.0921. The third kappa shape index (κ3) is 16.3. The van der Waals surface area contributed by atoms with Crippen LogP contribution in [0.3, 0.4) is 0 Å². The summed E-state index contributed by atoms with van der Waals surface area (Å²) in [7, 11) is 4.18. The van der Waals surface area contributed by atoms with Crippen molar-refractivity contribution in [1.82, 2.24) is 4.90 Å². The van der Waals surface area contributed by atoms with E-state index in [0.717, 1.165) is 12.8 Å². The lowest BCUT2D eigenvalue weighted by Crippen LogP contribution is -2.44. The Morgan fingerprint density at radius 2 is 1.14 bits per heavy atom. The number of hydrogen-bond donors (Lipinski definition) is 1. The minimum absolute atomic E-state index is 0.119. The predicted molar refractivity (Wildman–Crippen MR) is 132 cm³/mol. The summed E-state index contributed by atoms with van der Waals surface area (Å²) >= 11 is 5.90. The van der Waals surface area contributed by atoms with E-state index in [1.165, 1.54) is 103 Å². The van der Waals surface area contributed by atoms with Gasteiger partial charge >= 0.3 is 0 Å². The first-order valence-corrected chi connectivity index (χ1v) is 13.1. The average molecular weight is 430 g/mol. The molecule has 1 N–H and O–H groups in total. The summed E-state index contributed by atoms with van der Waals surface area (Å²) < 4.78 is 0. The van der Waals surface area contributed by atoms with E-state index in [9.17, 15) is 5.11 Å². The van der Waals surface area contributed by atoms with Gasteiger partial charge in [-0.2, -0.15) is 0 Å². The zero-order valence-electron chi connectivity index (χ0n) is 20.2. The van der Waals surface area contributed by atoms with E-state index in [1.807, 2.05) is 6.92 Å². The maximum absolute atomic E-state index is 9.89. The number of likely N-dealkylation sites (N-methyl/N-ethyl adjacent to an activating group) is 1. The van der Waals surface area contributed by atoms with Gasteiger partial charge < -0.3 is 10.0 Å². The van der Waals surface area contributed by atoms with Crippen molar-refractivity contribution < 1.29 is 5.11 Å². The second-order valence-corrected chi connectivity index (χ2v) is 9.65. The quantitative estimate of drug-likeness (QED) is 0.185. The van der Waals surface area contributed by atoms with Gasteiger partial charge in [0.25, 0.3) is 0 Å². The molecule has 0 bridgehead atoms. The summed E-state index contributed by atoms with van der Waals surface area (Å²) in [6.07, 6.45) is 25.9. The lowest BCUT2D eigenvalue weighted by Gasteiger charge is -2.38. The largest absolute Gasteiger partial charge is 0.393 e. The van der Waals surface area contributed by atoms with Crippen molar-refractivity contribution in [2.45, 2.75) is 141 Å². The summed E-state index contributed by atoms with van der Waals surface area (Å²) in [5, 5.41) is 9.89. The van der Waals surface area contributed by atoms with Gasteiger partial charge in [0.2, 0.25) is 0 Å². The Morgan fingerprint density at radius 3 is 1.45 bits per heavy atom. The Balaban J connectivity index is 3.62. The van der Waals surface area contributed by atoms with Crippen LogP contribution in [0.2, 0.25) is 0 Å². The van der Waals surface area contributed by atoms with E-state index in [0.29, 0.717) is 0 Å². The Labute approximate surface area is 188 Å². The Kier molecular flexibility index (Phi) is 19.9. The molecule has 0 aromatic heterocycles. The van der Waals surface area contributed by atoms with Gasteiger partial charge in [0.15, 0.2) is 0 Å². The third-order valence-corrected chi connectivity index (χ3v) is 6.50. The first kappa shape index (κ1) is 28.9. The zero-order chi connectivity index (χ0) is 21.8. The van der Waals surface area contributed by atoms with Crippen molar-refractivity contribution in [3.8, 4) is 0 Å². The number of rotatable bonds is 21. The second kappa shape index (κ2) is 19.9. The summed E-state index contributed by atoms with van der Waals surface area (Å²) in [5.74, 6) is 0. The van der Waals surface area contributed by atoms with Gasteiger partial charge in [-0.05, 0) is 33.9 Å². The molecular weight excluding hydrogens is 378 g/mol. The molecule has 0 aromatic rings. The highest BCUT2D eigenvalue weighted by Gasteiger charge is 2.30. The van der Waals surface area contributed by atoms with Crippen LogP contribution in [0, 0.1) is 0 Å². The summed E-state index contributed by atoms with van der Waals surface area (Å²) in [5.41, 5.74) is 1.50. The number of hydrogen-bond acceptors (Lipinski definition) is 2. The Morgan fingerprint density at radius 1 is 0.759 bits per heavy atom. The molecular formula is C26H52ClNO. The fraction of sp³-hybridized carbons (Fsp3) is 0.923. The van der Waals surface area contributed by atoms with Gasteiger partial charge in [0.05, 0.1) is 6.10 Å². The highest BCUT2D eigenvalue weighted by atomic mass is 35.5. The fourth-order valence-corrected chi connectivity index (χ4v) is 4.65. The maximum atomic E-state index is 9.89. The molecule has 0 amide bonds. The van der Waals surface area contributed by atoms with Gasteiger partial charge in [-0.15, -0.1) is 0 Å². The molecule has 0 radical (unpaired) electrons. The molecule has 0 aliphatic heterocycles. The Bertz CT molecular complexity index is 370. The van der Waals surface area contributed by atoms with Crippen molar-refractivity contribution in [2.75, 3.05) is 14.1 Å². The molecule has 0 rings (SSSR count). The van der Waals surface area contributed by atoms with E-state index >= 15 is 0 Å². The van der Waals surface area contributed by atoms with Gasteiger partial charge in [0.1, 0.15) is 0 Å². The molecule has 3 heteroatoms. The number of nitrogens with zero attached hydrogens (tertiary/aromatic N) is 1. The summed E-state index contributed by atoms with van der Waals surface area (Å²) in [6, 6.07) is 0. The minimum Gasteiger partial charge on any atom is -0.393 e. The molecule has 2 nitrogen and oxygen atoms in total. The number of halogens is 1.